The quantitative estimate of drug-likeness (QED) is 0.667. The Morgan fingerprint density at radius 1 is 1.41 bits per heavy atom. The molecule has 0 aliphatic heterocycles. The summed E-state index contributed by atoms with van der Waals surface area (Å²) in [6.45, 7) is 0. The van der Waals surface area contributed by atoms with E-state index in [0.717, 1.165) is 11.2 Å². The lowest BCUT2D eigenvalue weighted by Crippen LogP contribution is -2.14. The lowest BCUT2D eigenvalue weighted by molar-refractivity contribution is 0.0602. The molecule has 0 heterocycles. The maximum atomic E-state index is 11.5. The van der Waals surface area contributed by atoms with Crippen LogP contribution in [0, 0.1) is 0 Å². The van der Waals surface area contributed by atoms with Crippen LogP contribution in [0.1, 0.15) is 10.4 Å². The van der Waals surface area contributed by atoms with Gasteiger partial charge in [0.1, 0.15) is 0 Å². The van der Waals surface area contributed by atoms with Crippen molar-refractivity contribution in [1.82, 2.24) is 0 Å². The molecule has 0 radical (unpaired) electrons. The first kappa shape index (κ1) is 13.9. The van der Waals surface area contributed by atoms with E-state index in [1.54, 1.807) is 12.1 Å². The van der Waals surface area contributed by atoms with E-state index in [2.05, 4.69) is 9.46 Å². The van der Waals surface area contributed by atoms with E-state index in [-0.39, 0.29) is 11.3 Å². The molecule has 0 saturated heterocycles. The van der Waals surface area contributed by atoms with E-state index >= 15 is 0 Å². The van der Waals surface area contributed by atoms with Crippen molar-refractivity contribution in [3.63, 3.8) is 0 Å². The summed E-state index contributed by atoms with van der Waals surface area (Å²) in [7, 11) is -2.19. The van der Waals surface area contributed by atoms with Crippen LogP contribution in [0.15, 0.2) is 23.1 Å². The van der Waals surface area contributed by atoms with Crippen molar-refractivity contribution in [3.8, 4) is 0 Å². The molecule has 94 valence electrons. The summed E-state index contributed by atoms with van der Waals surface area (Å²) in [5, 5.41) is 0. The van der Waals surface area contributed by atoms with Crippen LogP contribution in [0.2, 0.25) is 0 Å². The zero-order chi connectivity index (χ0) is 13.1. The van der Waals surface area contributed by atoms with Gasteiger partial charge in [-0.05, 0) is 24.5 Å². The molecule has 5 nitrogen and oxygen atoms in total. The number of carbonyl (C=O) groups is 1. The Labute approximate surface area is 105 Å². The second kappa shape index (κ2) is 5.42. The number of carbonyl (C=O) groups excluding carboxylic acids is 1. The van der Waals surface area contributed by atoms with Crippen LogP contribution >= 0.6 is 11.8 Å². The van der Waals surface area contributed by atoms with Gasteiger partial charge in [0.2, 0.25) is 10.0 Å². The zero-order valence-corrected chi connectivity index (χ0v) is 11.3. The van der Waals surface area contributed by atoms with Gasteiger partial charge in [-0.2, -0.15) is 0 Å². The number of esters is 1. The van der Waals surface area contributed by atoms with Gasteiger partial charge in [0.25, 0.3) is 0 Å². The first-order valence-electron chi connectivity index (χ1n) is 4.61. The topological polar surface area (TPSA) is 72.5 Å². The first-order chi connectivity index (χ1) is 7.87. The van der Waals surface area contributed by atoms with Crippen LogP contribution in [-0.2, 0) is 14.8 Å². The van der Waals surface area contributed by atoms with Crippen molar-refractivity contribution in [3.05, 3.63) is 23.8 Å². The monoisotopic (exact) mass is 275 g/mol. The van der Waals surface area contributed by atoms with Gasteiger partial charge in [-0.3, -0.25) is 4.72 Å². The summed E-state index contributed by atoms with van der Waals surface area (Å²) < 4.78 is 29.3. The van der Waals surface area contributed by atoms with E-state index < -0.39 is 16.0 Å². The molecule has 0 aliphatic rings. The fourth-order valence-electron chi connectivity index (χ4n) is 1.22. The number of thioether (sulfide) groups is 1. The van der Waals surface area contributed by atoms with Crippen LogP contribution < -0.4 is 4.72 Å². The van der Waals surface area contributed by atoms with Crippen molar-refractivity contribution in [1.29, 1.82) is 0 Å². The van der Waals surface area contributed by atoms with Gasteiger partial charge in [0, 0.05) is 4.90 Å². The predicted molar refractivity (Wildman–Crippen MR) is 68.0 cm³/mol. The molecule has 0 aromatic heterocycles. The third-order valence-corrected chi connectivity index (χ3v) is 3.24. The number of benzene rings is 1. The van der Waals surface area contributed by atoms with Crippen molar-refractivity contribution >= 4 is 33.4 Å². The van der Waals surface area contributed by atoms with E-state index in [9.17, 15) is 13.2 Å². The highest BCUT2D eigenvalue weighted by Gasteiger charge is 2.15. The van der Waals surface area contributed by atoms with Gasteiger partial charge >= 0.3 is 5.97 Å². The Kier molecular flexibility index (Phi) is 4.41. The molecule has 0 spiro atoms. The molecule has 0 bridgehead atoms. The number of rotatable bonds is 4. The second-order valence-corrected chi connectivity index (χ2v) is 5.91. The number of hydrogen-bond acceptors (Lipinski definition) is 5. The van der Waals surface area contributed by atoms with E-state index in [0.29, 0.717) is 0 Å². The maximum Gasteiger partial charge on any atom is 0.339 e. The Hall–Kier alpha value is -1.21. The van der Waals surface area contributed by atoms with Crippen molar-refractivity contribution in [2.24, 2.45) is 0 Å². The highest BCUT2D eigenvalue weighted by Crippen LogP contribution is 2.24. The Bertz CT molecular complexity index is 525. The Balaban J connectivity index is 3.25. The third kappa shape index (κ3) is 3.94. The molecule has 0 amide bonds. The molecular weight excluding hydrogens is 262 g/mol. The fourth-order valence-corrected chi connectivity index (χ4v) is 2.23. The summed E-state index contributed by atoms with van der Waals surface area (Å²) in [4.78, 5) is 12.3. The van der Waals surface area contributed by atoms with E-state index in [4.69, 9.17) is 0 Å². The first-order valence-corrected chi connectivity index (χ1v) is 7.73. The summed E-state index contributed by atoms with van der Waals surface area (Å²) in [6.07, 6.45) is 2.89. The van der Waals surface area contributed by atoms with Gasteiger partial charge in [0.15, 0.2) is 0 Å². The highest BCUT2D eigenvalue weighted by atomic mass is 32.2. The zero-order valence-electron chi connectivity index (χ0n) is 9.68. The smallest absolute Gasteiger partial charge is 0.339 e. The maximum absolute atomic E-state index is 11.5. The van der Waals surface area contributed by atoms with Crippen molar-refractivity contribution in [2.45, 2.75) is 4.90 Å². The number of nitrogens with one attached hydrogen (secondary N) is 1. The molecular formula is C10H13NO4S2. The summed E-state index contributed by atoms with van der Waals surface area (Å²) >= 11 is 1.45. The van der Waals surface area contributed by atoms with Gasteiger partial charge in [-0.15, -0.1) is 11.8 Å². The summed E-state index contributed by atoms with van der Waals surface area (Å²) in [5.74, 6) is -0.580. The molecule has 0 saturated carbocycles. The van der Waals surface area contributed by atoms with Gasteiger partial charge in [0.05, 0.1) is 24.6 Å². The van der Waals surface area contributed by atoms with Crippen molar-refractivity contribution < 1.29 is 17.9 Å². The minimum atomic E-state index is -3.43. The Morgan fingerprint density at radius 3 is 2.53 bits per heavy atom. The van der Waals surface area contributed by atoms with E-state index in [1.165, 1.54) is 24.9 Å². The van der Waals surface area contributed by atoms with Gasteiger partial charge in [-0.1, -0.05) is 0 Å². The van der Waals surface area contributed by atoms with Gasteiger partial charge in [-0.25, -0.2) is 13.2 Å². The average molecular weight is 275 g/mol. The molecule has 1 aromatic carbocycles. The largest absolute Gasteiger partial charge is 0.465 e. The molecule has 1 N–H and O–H groups in total. The number of anilines is 1. The molecule has 0 atom stereocenters. The standard InChI is InChI=1S/C10H13NO4S2/c1-15-10(12)8-5-4-7(16-2)6-9(8)11-17(3,13)14/h4-6,11H,1-3H3. The van der Waals surface area contributed by atoms with Crippen LogP contribution in [0.3, 0.4) is 0 Å². The average Bonchev–Trinajstić information content (AvgIpc) is 2.25. The molecule has 1 aromatic rings. The normalized spacial score (nSPS) is 11.0. The molecule has 1 rings (SSSR count). The number of ether oxygens (including phenoxy) is 1. The molecule has 0 unspecified atom stereocenters. The Morgan fingerprint density at radius 2 is 2.06 bits per heavy atom. The minimum absolute atomic E-state index is 0.190. The third-order valence-electron chi connectivity index (χ3n) is 1.93. The lowest BCUT2D eigenvalue weighted by atomic mass is 10.2. The minimum Gasteiger partial charge on any atom is -0.465 e. The molecule has 0 aliphatic carbocycles. The molecule has 0 fully saturated rings. The molecule has 17 heavy (non-hydrogen) atoms. The highest BCUT2D eigenvalue weighted by molar-refractivity contribution is 7.98. The van der Waals surface area contributed by atoms with Crippen LogP contribution in [0.25, 0.3) is 0 Å². The SMILES string of the molecule is COC(=O)c1ccc(SC)cc1NS(C)(=O)=O. The summed E-state index contributed by atoms with van der Waals surface area (Å²) in [6, 6.07) is 4.85. The van der Waals surface area contributed by atoms with Crippen LogP contribution in [0.5, 0.6) is 0 Å². The predicted octanol–water partition coefficient (Wildman–Crippen LogP) is 1.57. The second-order valence-electron chi connectivity index (χ2n) is 3.28. The molecule has 7 heteroatoms. The van der Waals surface area contributed by atoms with Crippen LogP contribution in [0.4, 0.5) is 5.69 Å². The summed E-state index contributed by atoms with van der Waals surface area (Å²) in [5.41, 5.74) is 0.418. The number of sulfonamides is 1. The lowest BCUT2D eigenvalue weighted by Gasteiger charge is -2.10. The van der Waals surface area contributed by atoms with Crippen LogP contribution in [-0.4, -0.2) is 34.0 Å². The number of methoxy groups -OCH3 is 1. The number of hydrogen-bond donors (Lipinski definition) is 1. The van der Waals surface area contributed by atoms with Gasteiger partial charge < -0.3 is 4.74 Å². The fraction of sp³-hybridized carbons (Fsp3) is 0.300. The van der Waals surface area contributed by atoms with Crippen molar-refractivity contribution in [2.75, 3.05) is 24.3 Å². The van der Waals surface area contributed by atoms with E-state index in [1.807, 2.05) is 6.26 Å².